The highest BCUT2D eigenvalue weighted by molar-refractivity contribution is 7.19. The number of anilines is 4. The molecule has 0 saturated heterocycles. The average Bonchev–Trinajstić information content (AvgIpc) is 3.50. The number of fused-ring (bicyclic) bond motifs is 8. The van der Waals surface area contributed by atoms with Crippen LogP contribution in [0.25, 0.3) is 11.1 Å². The molecule has 0 N–H and O–H groups in total. The lowest BCUT2D eigenvalue weighted by molar-refractivity contribution is 1.38. The number of nitrogens with zero attached hydrogens (tertiary/aromatic N) is 2. The van der Waals surface area contributed by atoms with Crippen molar-refractivity contribution in [2.24, 2.45) is 0 Å². The van der Waals surface area contributed by atoms with Crippen LogP contribution in [0.2, 0.25) is 0 Å². The third-order valence-corrected chi connectivity index (χ3v) is 14.6. The van der Waals surface area contributed by atoms with E-state index in [0.717, 1.165) is 0 Å². The van der Waals surface area contributed by atoms with Crippen LogP contribution in [-0.2, 0) is 0 Å². The summed E-state index contributed by atoms with van der Waals surface area (Å²) >= 11 is 0. The van der Waals surface area contributed by atoms with Crippen LogP contribution in [0, 0.1) is 0 Å². The molecule has 0 spiro atoms. The molecule has 46 heavy (non-hydrogen) atoms. The molecular weight excluding hydrogens is 571 g/mol. The highest BCUT2D eigenvalue weighted by atomic mass is 28.3. The number of para-hydroxylation sites is 3. The second-order valence-corrected chi connectivity index (χ2v) is 15.9. The molecule has 0 aromatic heterocycles. The van der Waals surface area contributed by atoms with Gasteiger partial charge in [-0.2, -0.15) is 0 Å². The van der Waals surface area contributed by atoms with E-state index in [1.165, 1.54) is 60.1 Å². The molecular formula is C42H31BN2Si. The Bertz CT molecular complexity index is 2070. The van der Waals surface area contributed by atoms with Crippen molar-refractivity contribution in [1.29, 1.82) is 0 Å². The van der Waals surface area contributed by atoms with Crippen molar-refractivity contribution in [3.05, 3.63) is 188 Å². The largest absolute Gasteiger partial charge is 0.421 e. The Morgan fingerprint density at radius 3 is 1.30 bits per heavy atom. The molecule has 2 nitrogen and oxygen atoms in total. The van der Waals surface area contributed by atoms with Crippen molar-refractivity contribution in [2.75, 3.05) is 9.62 Å². The Morgan fingerprint density at radius 2 is 0.739 bits per heavy atom. The summed E-state index contributed by atoms with van der Waals surface area (Å²) in [5.74, 6) is 0. The number of hydrogen-bond donors (Lipinski definition) is 0. The van der Waals surface area contributed by atoms with Crippen molar-refractivity contribution in [2.45, 2.75) is 0 Å². The molecule has 7 aromatic carbocycles. The first kappa shape index (κ1) is 26.8. The van der Waals surface area contributed by atoms with Crippen molar-refractivity contribution < 1.29 is 0 Å². The predicted octanol–water partition coefficient (Wildman–Crippen LogP) is 6.73. The fraction of sp³-hybridized carbons (Fsp3) is 0. The molecule has 0 atom stereocenters. The van der Waals surface area contributed by atoms with E-state index in [0.29, 0.717) is 0 Å². The Hall–Kier alpha value is -5.58. The first-order valence-electron chi connectivity index (χ1n) is 16.0. The molecule has 0 unspecified atom stereocenters. The summed E-state index contributed by atoms with van der Waals surface area (Å²) in [6.45, 7) is 0.0220. The molecule has 0 amide bonds. The van der Waals surface area contributed by atoms with Crippen LogP contribution >= 0.6 is 0 Å². The SMILES string of the molecule is c1ccc([Si](c2ccccc2)(c2ccccc2)c2ccc(N3B4c5ccccc5-c5ccccc5N4c4ccccc43)cc2)cc1. The molecule has 0 aliphatic carbocycles. The summed E-state index contributed by atoms with van der Waals surface area (Å²) in [4.78, 5) is 5.06. The van der Waals surface area contributed by atoms with E-state index in [4.69, 9.17) is 0 Å². The minimum absolute atomic E-state index is 0.0220. The molecule has 7 aromatic rings. The standard InChI is InChI=1S/C42H31BN2Si/c1-4-16-33(17-5-1)46(34-18-6-2-7-19-34,35-20-8-3-9-21-35)36-30-28-32(29-31-36)44-41-26-14-15-27-42(41)45-40-25-13-11-23-38(40)37-22-10-12-24-39(37)43(44)45/h1-31H. The van der Waals surface area contributed by atoms with E-state index in [-0.39, 0.29) is 6.98 Å². The van der Waals surface area contributed by atoms with Gasteiger partial charge in [-0.3, -0.25) is 0 Å². The van der Waals surface area contributed by atoms with Crippen LogP contribution in [0.15, 0.2) is 188 Å². The zero-order valence-electron chi connectivity index (χ0n) is 25.4. The van der Waals surface area contributed by atoms with Crippen LogP contribution < -0.4 is 35.8 Å². The van der Waals surface area contributed by atoms with Gasteiger partial charge in [0.25, 0.3) is 0 Å². The Morgan fingerprint density at radius 1 is 0.326 bits per heavy atom. The number of benzene rings is 7. The van der Waals surface area contributed by atoms with Crippen molar-refractivity contribution in [1.82, 2.24) is 0 Å². The second-order valence-electron chi connectivity index (χ2n) is 12.1. The predicted molar refractivity (Wildman–Crippen MR) is 198 cm³/mol. The van der Waals surface area contributed by atoms with E-state index in [1.54, 1.807) is 0 Å². The van der Waals surface area contributed by atoms with Crippen LogP contribution in [0.1, 0.15) is 0 Å². The average molecular weight is 603 g/mol. The molecule has 0 saturated carbocycles. The van der Waals surface area contributed by atoms with Crippen LogP contribution in [0.4, 0.5) is 22.7 Å². The van der Waals surface area contributed by atoms with Gasteiger partial charge in [0.1, 0.15) is 0 Å². The zero-order chi connectivity index (χ0) is 30.5. The van der Waals surface area contributed by atoms with Gasteiger partial charge >= 0.3 is 6.98 Å². The topological polar surface area (TPSA) is 6.48 Å². The van der Waals surface area contributed by atoms with Gasteiger partial charge in [-0.05, 0) is 62.1 Å². The third-order valence-electron chi connectivity index (χ3n) is 9.78. The second kappa shape index (κ2) is 10.8. The minimum atomic E-state index is -2.60. The van der Waals surface area contributed by atoms with Crippen LogP contribution in [0.3, 0.4) is 0 Å². The molecule has 0 radical (unpaired) electrons. The first-order valence-corrected chi connectivity index (χ1v) is 18.0. The van der Waals surface area contributed by atoms with E-state index in [2.05, 4.69) is 198 Å². The lowest BCUT2D eigenvalue weighted by Crippen LogP contribution is -2.74. The van der Waals surface area contributed by atoms with Gasteiger partial charge in [-0.1, -0.05) is 158 Å². The van der Waals surface area contributed by atoms with Gasteiger partial charge < -0.3 is 9.62 Å². The summed E-state index contributed by atoms with van der Waals surface area (Å²) in [6.07, 6.45) is 0. The van der Waals surface area contributed by atoms with Crippen LogP contribution in [0.5, 0.6) is 0 Å². The fourth-order valence-electron chi connectivity index (χ4n) is 7.89. The maximum absolute atomic E-state index is 2.60. The normalized spacial score (nSPS) is 13.1. The van der Waals surface area contributed by atoms with Gasteiger partial charge in [0.15, 0.2) is 8.07 Å². The van der Waals surface area contributed by atoms with Gasteiger partial charge in [-0.15, -0.1) is 0 Å². The van der Waals surface area contributed by atoms with Gasteiger partial charge in [0.2, 0.25) is 0 Å². The zero-order valence-corrected chi connectivity index (χ0v) is 26.4. The Kier molecular flexibility index (Phi) is 6.29. The summed E-state index contributed by atoms with van der Waals surface area (Å²) < 4.78 is 0. The summed E-state index contributed by atoms with van der Waals surface area (Å²) in [7, 11) is -2.60. The summed E-state index contributed by atoms with van der Waals surface area (Å²) in [6, 6.07) is 69.5. The number of hydrogen-bond acceptors (Lipinski definition) is 2. The van der Waals surface area contributed by atoms with Gasteiger partial charge in [-0.25, -0.2) is 0 Å². The summed E-state index contributed by atoms with van der Waals surface area (Å²) in [5.41, 5.74) is 8.81. The highest BCUT2D eigenvalue weighted by Gasteiger charge is 2.48. The Balaban J connectivity index is 1.25. The molecule has 4 heteroatoms. The lowest BCUT2D eigenvalue weighted by Gasteiger charge is -2.37. The van der Waals surface area contributed by atoms with E-state index < -0.39 is 8.07 Å². The monoisotopic (exact) mass is 602 g/mol. The van der Waals surface area contributed by atoms with Gasteiger partial charge in [0, 0.05) is 16.9 Å². The first-order chi connectivity index (χ1) is 22.9. The smallest absolute Gasteiger partial charge is 0.360 e. The van der Waals surface area contributed by atoms with E-state index in [9.17, 15) is 0 Å². The maximum Gasteiger partial charge on any atom is 0.421 e. The highest BCUT2D eigenvalue weighted by Crippen LogP contribution is 2.50. The molecule has 2 heterocycles. The molecule has 0 fully saturated rings. The van der Waals surface area contributed by atoms with E-state index in [1.807, 2.05) is 0 Å². The molecule has 0 bridgehead atoms. The quantitative estimate of drug-likeness (QED) is 0.159. The van der Waals surface area contributed by atoms with E-state index >= 15 is 0 Å². The molecule has 2 aliphatic heterocycles. The summed E-state index contributed by atoms with van der Waals surface area (Å²) in [5, 5.41) is 5.53. The Labute approximate surface area is 272 Å². The maximum atomic E-state index is 2.53. The van der Waals surface area contributed by atoms with Crippen LogP contribution in [-0.4, -0.2) is 15.1 Å². The molecule has 216 valence electrons. The van der Waals surface area contributed by atoms with Crippen molar-refractivity contribution >= 4 is 64.0 Å². The molecule has 9 rings (SSSR count). The van der Waals surface area contributed by atoms with Crippen molar-refractivity contribution in [3.8, 4) is 11.1 Å². The third kappa shape index (κ3) is 3.90. The van der Waals surface area contributed by atoms with Crippen molar-refractivity contribution in [3.63, 3.8) is 0 Å². The van der Waals surface area contributed by atoms with Gasteiger partial charge in [0.05, 0.1) is 11.4 Å². The fourth-order valence-corrected chi connectivity index (χ4v) is 12.6. The lowest BCUT2D eigenvalue weighted by atomic mass is 9.59. The number of rotatable bonds is 5. The molecule has 2 aliphatic rings. The minimum Gasteiger partial charge on any atom is -0.360 e.